The Morgan fingerprint density at radius 3 is 2.72 bits per heavy atom. The Bertz CT molecular complexity index is 501. The normalized spacial score (nSPS) is 18.4. The first-order valence-electron chi connectivity index (χ1n) is 6.07. The van der Waals surface area contributed by atoms with Gasteiger partial charge in [-0.1, -0.05) is 18.6 Å². The standard InChI is InChI=1S/C14H16N2O2/c15-8-10-3-1-4-11(7-10)12(9-16)14(13(17)18)5-2-6-14/h1,3-4,7,12H,2,5-6,9,16H2,(H,17,18). The smallest absolute Gasteiger partial charge is 0.310 e. The molecule has 0 aliphatic heterocycles. The van der Waals surface area contributed by atoms with E-state index >= 15 is 0 Å². The van der Waals surface area contributed by atoms with Crippen LogP contribution >= 0.6 is 0 Å². The van der Waals surface area contributed by atoms with Gasteiger partial charge in [-0.2, -0.15) is 5.26 Å². The molecular weight excluding hydrogens is 228 g/mol. The maximum Gasteiger partial charge on any atom is 0.310 e. The van der Waals surface area contributed by atoms with Gasteiger partial charge in [0.1, 0.15) is 0 Å². The molecule has 18 heavy (non-hydrogen) atoms. The minimum Gasteiger partial charge on any atom is -0.481 e. The van der Waals surface area contributed by atoms with Crippen LogP contribution in [0.2, 0.25) is 0 Å². The van der Waals surface area contributed by atoms with Gasteiger partial charge in [-0.05, 0) is 30.5 Å². The average molecular weight is 244 g/mol. The van der Waals surface area contributed by atoms with Crippen molar-refractivity contribution in [3.8, 4) is 6.07 Å². The Hall–Kier alpha value is -1.86. The molecule has 0 aromatic heterocycles. The molecule has 0 heterocycles. The zero-order valence-corrected chi connectivity index (χ0v) is 10.1. The first kappa shape index (κ1) is 12.6. The third-order valence-electron chi connectivity index (χ3n) is 3.99. The van der Waals surface area contributed by atoms with Gasteiger partial charge in [-0.25, -0.2) is 0 Å². The van der Waals surface area contributed by atoms with Crippen molar-refractivity contribution in [2.45, 2.75) is 25.2 Å². The molecule has 0 bridgehead atoms. The molecule has 1 unspecified atom stereocenters. The number of carbonyl (C=O) groups is 1. The number of carboxylic acid groups (broad SMARTS) is 1. The van der Waals surface area contributed by atoms with Crippen molar-refractivity contribution in [3.63, 3.8) is 0 Å². The minimum atomic E-state index is -0.772. The fraction of sp³-hybridized carbons (Fsp3) is 0.429. The number of hydrogen-bond donors (Lipinski definition) is 2. The van der Waals surface area contributed by atoms with Gasteiger partial charge < -0.3 is 10.8 Å². The van der Waals surface area contributed by atoms with Gasteiger partial charge in [0.2, 0.25) is 0 Å². The summed E-state index contributed by atoms with van der Waals surface area (Å²) in [4.78, 5) is 11.5. The first-order valence-corrected chi connectivity index (χ1v) is 6.07. The molecule has 2 rings (SSSR count). The predicted molar refractivity (Wildman–Crippen MR) is 66.9 cm³/mol. The Labute approximate surface area is 106 Å². The molecular formula is C14H16N2O2. The molecule has 0 saturated heterocycles. The van der Waals surface area contributed by atoms with E-state index in [9.17, 15) is 9.90 Å². The molecule has 94 valence electrons. The number of nitrogens with zero attached hydrogens (tertiary/aromatic N) is 1. The zero-order valence-electron chi connectivity index (χ0n) is 10.1. The fourth-order valence-corrected chi connectivity index (χ4v) is 2.77. The second-order valence-corrected chi connectivity index (χ2v) is 4.84. The highest BCUT2D eigenvalue weighted by atomic mass is 16.4. The lowest BCUT2D eigenvalue weighted by molar-refractivity contribution is -0.156. The van der Waals surface area contributed by atoms with E-state index in [0.29, 0.717) is 24.9 Å². The van der Waals surface area contributed by atoms with Gasteiger partial charge in [0, 0.05) is 12.5 Å². The van der Waals surface area contributed by atoms with E-state index in [1.54, 1.807) is 18.2 Å². The van der Waals surface area contributed by atoms with E-state index in [1.165, 1.54) is 0 Å². The summed E-state index contributed by atoms with van der Waals surface area (Å²) in [5.74, 6) is -0.983. The summed E-state index contributed by atoms with van der Waals surface area (Å²) in [6.07, 6.45) is 2.27. The molecule has 1 fully saturated rings. The average Bonchev–Trinajstić information content (AvgIpc) is 2.33. The molecule has 4 nitrogen and oxygen atoms in total. The molecule has 4 heteroatoms. The quantitative estimate of drug-likeness (QED) is 0.846. The van der Waals surface area contributed by atoms with Crippen molar-refractivity contribution >= 4 is 5.97 Å². The lowest BCUT2D eigenvalue weighted by atomic mass is 9.59. The number of hydrogen-bond acceptors (Lipinski definition) is 3. The lowest BCUT2D eigenvalue weighted by Gasteiger charge is -2.44. The second kappa shape index (κ2) is 4.79. The maximum atomic E-state index is 11.5. The highest BCUT2D eigenvalue weighted by Crippen LogP contribution is 2.51. The van der Waals surface area contributed by atoms with Crippen molar-refractivity contribution in [1.82, 2.24) is 0 Å². The fourth-order valence-electron chi connectivity index (χ4n) is 2.77. The molecule has 3 N–H and O–H groups in total. The van der Waals surface area contributed by atoms with Gasteiger partial charge in [-0.15, -0.1) is 0 Å². The van der Waals surface area contributed by atoms with Crippen molar-refractivity contribution in [3.05, 3.63) is 35.4 Å². The number of rotatable bonds is 4. The summed E-state index contributed by atoms with van der Waals surface area (Å²) in [7, 11) is 0. The van der Waals surface area contributed by atoms with E-state index in [1.807, 2.05) is 6.07 Å². The van der Waals surface area contributed by atoms with Gasteiger partial charge in [0.05, 0.1) is 17.0 Å². The van der Waals surface area contributed by atoms with Crippen LogP contribution in [0.1, 0.15) is 36.3 Å². The van der Waals surface area contributed by atoms with Crippen molar-refractivity contribution < 1.29 is 9.90 Å². The molecule has 1 saturated carbocycles. The summed E-state index contributed by atoms with van der Waals surface area (Å²) in [5.41, 5.74) is 6.46. The van der Waals surface area contributed by atoms with E-state index in [-0.39, 0.29) is 5.92 Å². The Morgan fingerprint density at radius 1 is 1.56 bits per heavy atom. The Morgan fingerprint density at radius 2 is 2.28 bits per heavy atom. The molecule has 1 atom stereocenters. The van der Waals surface area contributed by atoms with E-state index in [2.05, 4.69) is 6.07 Å². The molecule has 1 aromatic rings. The number of benzene rings is 1. The monoisotopic (exact) mass is 244 g/mol. The number of carboxylic acids is 1. The molecule has 1 aromatic carbocycles. The van der Waals surface area contributed by atoms with Gasteiger partial charge in [0.25, 0.3) is 0 Å². The van der Waals surface area contributed by atoms with Gasteiger partial charge in [-0.3, -0.25) is 4.79 Å². The summed E-state index contributed by atoms with van der Waals surface area (Å²) in [6, 6.07) is 9.18. The van der Waals surface area contributed by atoms with Crippen molar-refractivity contribution in [2.75, 3.05) is 6.54 Å². The van der Waals surface area contributed by atoms with E-state index in [0.717, 1.165) is 12.0 Å². The highest BCUT2D eigenvalue weighted by molar-refractivity contribution is 5.77. The van der Waals surface area contributed by atoms with Crippen LogP contribution in [-0.2, 0) is 4.79 Å². The molecule has 0 spiro atoms. The predicted octanol–water partition coefficient (Wildman–Crippen LogP) is 1.86. The van der Waals surface area contributed by atoms with Crippen molar-refractivity contribution in [1.29, 1.82) is 5.26 Å². The van der Waals surface area contributed by atoms with Crippen LogP contribution in [0.4, 0.5) is 0 Å². The molecule has 1 aliphatic carbocycles. The van der Waals surface area contributed by atoms with E-state index < -0.39 is 11.4 Å². The number of nitriles is 1. The number of aliphatic carboxylic acids is 1. The second-order valence-electron chi connectivity index (χ2n) is 4.84. The van der Waals surface area contributed by atoms with Crippen LogP contribution in [0.15, 0.2) is 24.3 Å². The Balaban J connectivity index is 2.39. The highest BCUT2D eigenvalue weighted by Gasteiger charge is 2.50. The van der Waals surface area contributed by atoms with E-state index in [4.69, 9.17) is 11.0 Å². The Kier molecular flexibility index (Phi) is 3.35. The topological polar surface area (TPSA) is 87.1 Å². The third-order valence-corrected chi connectivity index (χ3v) is 3.99. The SMILES string of the molecule is N#Cc1cccc(C(CN)C2(C(=O)O)CCC2)c1. The molecule has 0 amide bonds. The zero-order chi connectivity index (χ0) is 13.2. The summed E-state index contributed by atoms with van der Waals surface area (Å²) in [5, 5.41) is 18.4. The summed E-state index contributed by atoms with van der Waals surface area (Å²) >= 11 is 0. The van der Waals surface area contributed by atoms with Crippen LogP contribution in [0.3, 0.4) is 0 Å². The first-order chi connectivity index (χ1) is 8.64. The van der Waals surface area contributed by atoms with Crippen LogP contribution in [-0.4, -0.2) is 17.6 Å². The maximum absolute atomic E-state index is 11.5. The minimum absolute atomic E-state index is 0.211. The number of nitrogens with two attached hydrogens (primary N) is 1. The van der Waals surface area contributed by atoms with Crippen LogP contribution in [0.5, 0.6) is 0 Å². The van der Waals surface area contributed by atoms with Crippen LogP contribution in [0.25, 0.3) is 0 Å². The lowest BCUT2D eigenvalue weighted by Crippen LogP contribution is -2.45. The third kappa shape index (κ3) is 1.87. The summed E-state index contributed by atoms with van der Waals surface area (Å²) in [6.45, 7) is 0.293. The van der Waals surface area contributed by atoms with Crippen LogP contribution in [0, 0.1) is 16.7 Å². The molecule has 0 radical (unpaired) electrons. The van der Waals surface area contributed by atoms with Crippen LogP contribution < -0.4 is 5.73 Å². The van der Waals surface area contributed by atoms with Crippen molar-refractivity contribution in [2.24, 2.45) is 11.1 Å². The summed E-state index contributed by atoms with van der Waals surface area (Å²) < 4.78 is 0. The molecule has 1 aliphatic rings. The van der Waals surface area contributed by atoms with Gasteiger partial charge >= 0.3 is 5.97 Å². The van der Waals surface area contributed by atoms with Gasteiger partial charge in [0.15, 0.2) is 0 Å². The largest absolute Gasteiger partial charge is 0.481 e.